The second kappa shape index (κ2) is 9.80. The molecule has 2 N–H and O–H groups in total. The monoisotopic (exact) mass is 404 g/mol. The molecule has 0 aliphatic heterocycles. The molecule has 1 aromatic heterocycles. The first-order valence-electron chi connectivity index (χ1n) is 9.55. The predicted molar refractivity (Wildman–Crippen MR) is 109 cm³/mol. The number of hydrogen-bond donors (Lipinski definition) is 2. The Bertz CT molecular complexity index is 850. The minimum absolute atomic E-state index is 0.0653. The van der Waals surface area contributed by atoms with E-state index >= 15 is 0 Å². The summed E-state index contributed by atoms with van der Waals surface area (Å²) in [6.07, 6.45) is 4.55. The van der Waals surface area contributed by atoms with Gasteiger partial charge in [0.2, 0.25) is 5.91 Å². The zero-order chi connectivity index (χ0) is 19.9. The lowest BCUT2D eigenvalue weighted by atomic mass is 9.95. The number of fused-ring (bicyclic) bond motifs is 1. The summed E-state index contributed by atoms with van der Waals surface area (Å²) in [5.74, 6) is -0.895. The molecule has 0 atom stereocenters. The first kappa shape index (κ1) is 20.5. The lowest BCUT2D eigenvalue weighted by Gasteiger charge is -2.13. The number of methoxy groups -OCH3 is 1. The summed E-state index contributed by atoms with van der Waals surface area (Å²) in [6, 6.07) is 6.23. The molecule has 28 heavy (non-hydrogen) atoms. The van der Waals surface area contributed by atoms with E-state index in [1.807, 2.05) is 0 Å². The van der Waals surface area contributed by atoms with Crippen molar-refractivity contribution in [3.8, 4) is 0 Å². The van der Waals surface area contributed by atoms with E-state index < -0.39 is 5.82 Å². The molecule has 5 nitrogen and oxygen atoms in total. The highest BCUT2D eigenvalue weighted by atomic mass is 32.1. The Morgan fingerprint density at radius 2 is 2.00 bits per heavy atom. The minimum atomic E-state index is -0.403. The highest BCUT2D eigenvalue weighted by Gasteiger charge is 2.26. The van der Waals surface area contributed by atoms with Crippen LogP contribution in [-0.2, 0) is 28.8 Å². The maximum absolute atomic E-state index is 13.8. The minimum Gasteiger partial charge on any atom is -0.385 e. The predicted octanol–water partition coefficient (Wildman–Crippen LogP) is 3.71. The second-order valence-electron chi connectivity index (χ2n) is 6.83. The highest BCUT2D eigenvalue weighted by Crippen LogP contribution is 2.38. The summed E-state index contributed by atoms with van der Waals surface area (Å²) in [7, 11) is 1.63. The quantitative estimate of drug-likeness (QED) is 0.659. The SMILES string of the molecule is COCCCNC(=O)c1c(NC(=O)Cc2ccccc2F)sc2c1CCCC2. The molecule has 1 aliphatic rings. The van der Waals surface area contributed by atoms with Crippen LogP contribution in [0, 0.1) is 5.82 Å². The van der Waals surface area contributed by atoms with E-state index in [1.54, 1.807) is 25.3 Å². The third-order valence-electron chi connectivity index (χ3n) is 4.77. The number of amides is 2. The zero-order valence-electron chi connectivity index (χ0n) is 16.0. The van der Waals surface area contributed by atoms with E-state index in [1.165, 1.54) is 17.4 Å². The van der Waals surface area contributed by atoms with Gasteiger partial charge in [-0.1, -0.05) is 18.2 Å². The highest BCUT2D eigenvalue weighted by molar-refractivity contribution is 7.17. The molecule has 3 rings (SSSR count). The molecule has 1 heterocycles. The summed E-state index contributed by atoms with van der Waals surface area (Å²) < 4.78 is 18.8. The Morgan fingerprint density at radius 1 is 1.21 bits per heavy atom. The van der Waals surface area contributed by atoms with Gasteiger partial charge in [0.05, 0.1) is 12.0 Å². The first-order chi connectivity index (χ1) is 13.6. The molecule has 150 valence electrons. The van der Waals surface area contributed by atoms with E-state index in [0.29, 0.717) is 29.3 Å². The van der Waals surface area contributed by atoms with E-state index in [-0.39, 0.29) is 18.2 Å². The molecule has 1 aromatic carbocycles. The van der Waals surface area contributed by atoms with Gasteiger partial charge < -0.3 is 15.4 Å². The van der Waals surface area contributed by atoms with Crippen molar-refractivity contribution in [2.45, 2.75) is 38.5 Å². The molecule has 0 spiro atoms. The molecule has 0 saturated heterocycles. The third-order valence-corrected chi connectivity index (χ3v) is 5.98. The van der Waals surface area contributed by atoms with Crippen molar-refractivity contribution in [2.24, 2.45) is 0 Å². The number of benzene rings is 1. The molecule has 0 bridgehead atoms. The van der Waals surface area contributed by atoms with Gasteiger partial charge in [0.1, 0.15) is 10.8 Å². The molecular weight excluding hydrogens is 379 g/mol. The van der Waals surface area contributed by atoms with Crippen molar-refractivity contribution in [1.82, 2.24) is 5.32 Å². The van der Waals surface area contributed by atoms with Crippen LogP contribution in [0.3, 0.4) is 0 Å². The Kier molecular flexibility index (Phi) is 7.17. The molecule has 7 heteroatoms. The molecule has 2 aromatic rings. The second-order valence-corrected chi connectivity index (χ2v) is 7.94. The smallest absolute Gasteiger partial charge is 0.254 e. The summed E-state index contributed by atoms with van der Waals surface area (Å²) >= 11 is 1.47. The van der Waals surface area contributed by atoms with Crippen molar-refractivity contribution in [3.63, 3.8) is 0 Å². The van der Waals surface area contributed by atoms with Crippen LogP contribution in [-0.4, -0.2) is 32.1 Å². The number of carbonyl (C=O) groups excluding carboxylic acids is 2. The summed E-state index contributed by atoms with van der Waals surface area (Å²) in [6.45, 7) is 1.09. The largest absolute Gasteiger partial charge is 0.385 e. The van der Waals surface area contributed by atoms with E-state index in [2.05, 4.69) is 10.6 Å². The number of hydrogen-bond acceptors (Lipinski definition) is 4. The molecular formula is C21H25FN2O3S. The fourth-order valence-corrected chi connectivity index (χ4v) is 4.69. The van der Waals surface area contributed by atoms with Crippen molar-refractivity contribution < 1.29 is 18.7 Å². The fourth-order valence-electron chi connectivity index (χ4n) is 3.39. The maximum atomic E-state index is 13.8. The normalized spacial score (nSPS) is 13.1. The van der Waals surface area contributed by atoms with Gasteiger partial charge in [-0.25, -0.2) is 4.39 Å². The van der Waals surface area contributed by atoms with E-state index in [4.69, 9.17) is 4.74 Å². The topological polar surface area (TPSA) is 67.4 Å². The van der Waals surface area contributed by atoms with Crippen LogP contribution >= 0.6 is 11.3 Å². The Morgan fingerprint density at radius 3 is 2.79 bits per heavy atom. The van der Waals surface area contributed by atoms with Gasteiger partial charge in [-0.15, -0.1) is 11.3 Å². The van der Waals surface area contributed by atoms with E-state index in [0.717, 1.165) is 42.5 Å². The molecule has 0 unspecified atom stereocenters. The van der Waals surface area contributed by atoms with Crippen molar-refractivity contribution in [1.29, 1.82) is 0 Å². The van der Waals surface area contributed by atoms with Gasteiger partial charge >= 0.3 is 0 Å². The number of aryl methyl sites for hydroxylation is 1. The van der Waals surface area contributed by atoms with Gasteiger partial charge in [0.15, 0.2) is 0 Å². The van der Waals surface area contributed by atoms with Gasteiger partial charge in [0, 0.05) is 25.1 Å². The summed E-state index contributed by atoms with van der Waals surface area (Å²) in [5.41, 5.74) is 1.95. The van der Waals surface area contributed by atoms with Crippen molar-refractivity contribution >= 4 is 28.2 Å². The third kappa shape index (κ3) is 4.97. The van der Waals surface area contributed by atoms with Crippen LogP contribution in [0.15, 0.2) is 24.3 Å². The summed E-state index contributed by atoms with van der Waals surface area (Å²) in [5, 5.41) is 6.34. The molecule has 0 fully saturated rings. The Balaban J connectivity index is 1.76. The first-order valence-corrected chi connectivity index (χ1v) is 10.4. The number of halogens is 1. The standard InChI is InChI=1S/C21H25FN2O3S/c1-27-12-6-11-23-20(26)19-15-8-3-5-10-17(15)28-21(19)24-18(25)13-14-7-2-4-9-16(14)22/h2,4,7,9H,3,5-6,8,10-13H2,1H3,(H,23,26)(H,24,25). The van der Waals surface area contributed by atoms with Crippen LogP contribution in [0.4, 0.5) is 9.39 Å². The number of anilines is 1. The van der Waals surface area contributed by atoms with Gasteiger partial charge in [-0.3, -0.25) is 9.59 Å². The van der Waals surface area contributed by atoms with Crippen LogP contribution in [0.2, 0.25) is 0 Å². The zero-order valence-corrected chi connectivity index (χ0v) is 16.8. The average molecular weight is 405 g/mol. The van der Waals surface area contributed by atoms with Crippen LogP contribution in [0.25, 0.3) is 0 Å². The Hall–Kier alpha value is -2.25. The molecule has 1 aliphatic carbocycles. The number of nitrogens with one attached hydrogen (secondary N) is 2. The van der Waals surface area contributed by atoms with Crippen molar-refractivity contribution in [3.05, 3.63) is 51.7 Å². The average Bonchev–Trinajstić information content (AvgIpc) is 3.04. The van der Waals surface area contributed by atoms with Gasteiger partial charge in [0.25, 0.3) is 5.91 Å². The number of carbonyl (C=O) groups is 2. The molecule has 2 amide bonds. The Labute approximate surface area is 168 Å². The van der Waals surface area contributed by atoms with Crippen LogP contribution in [0.5, 0.6) is 0 Å². The van der Waals surface area contributed by atoms with Crippen molar-refractivity contribution in [2.75, 3.05) is 25.6 Å². The lowest BCUT2D eigenvalue weighted by Crippen LogP contribution is -2.27. The van der Waals surface area contributed by atoms with Gasteiger partial charge in [-0.05, 0) is 49.3 Å². The lowest BCUT2D eigenvalue weighted by molar-refractivity contribution is -0.115. The van der Waals surface area contributed by atoms with Crippen LogP contribution < -0.4 is 10.6 Å². The number of ether oxygens (including phenoxy) is 1. The molecule has 0 radical (unpaired) electrons. The molecule has 0 saturated carbocycles. The fraction of sp³-hybridized carbons (Fsp3) is 0.429. The van der Waals surface area contributed by atoms with E-state index in [9.17, 15) is 14.0 Å². The van der Waals surface area contributed by atoms with Gasteiger partial charge in [-0.2, -0.15) is 0 Å². The van der Waals surface area contributed by atoms with Crippen LogP contribution in [0.1, 0.15) is 45.6 Å². The maximum Gasteiger partial charge on any atom is 0.254 e. The summed E-state index contributed by atoms with van der Waals surface area (Å²) in [4.78, 5) is 26.5. The number of thiophene rings is 1. The number of rotatable bonds is 8.